The van der Waals surface area contributed by atoms with Crippen molar-refractivity contribution >= 4 is 41.1 Å². The fourth-order valence-corrected chi connectivity index (χ4v) is 3.91. The summed E-state index contributed by atoms with van der Waals surface area (Å²) in [5.74, 6) is 1.71. The van der Waals surface area contributed by atoms with E-state index in [0.29, 0.717) is 36.1 Å². The average molecular weight is 457 g/mol. The van der Waals surface area contributed by atoms with E-state index in [1.807, 2.05) is 35.2 Å². The van der Waals surface area contributed by atoms with Gasteiger partial charge in [-0.3, -0.25) is 10.0 Å². The van der Waals surface area contributed by atoms with Crippen molar-refractivity contribution in [2.45, 2.75) is 38.6 Å². The average Bonchev–Trinajstić information content (AvgIpc) is 2.81. The summed E-state index contributed by atoms with van der Waals surface area (Å²) >= 11 is 6.17. The van der Waals surface area contributed by atoms with Crippen LogP contribution in [0.5, 0.6) is 11.5 Å². The van der Waals surface area contributed by atoms with Gasteiger partial charge in [-0.05, 0) is 36.6 Å². The van der Waals surface area contributed by atoms with Crippen molar-refractivity contribution in [1.82, 2.24) is 10.4 Å². The van der Waals surface area contributed by atoms with Crippen LogP contribution in [0.2, 0.25) is 5.02 Å². The van der Waals surface area contributed by atoms with Crippen molar-refractivity contribution in [2.24, 2.45) is 9.98 Å². The second kappa shape index (κ2) is 10.0. The molecule has 2 aromatic carbocycles. The van der Waals surface area contributed by atoms with E-state index >= 15 is 0 Å². The van der Waals surface area contributed by atoms with E-state index < -0.39 is 0 Å². The Hall–Kier alpha value is -3.10. The molecule has 2 aliphatic heterocycles. The first kappa shape index (κ1) is 22.1. The Labute approximate surface area is 191 Å². The Kier molecular flexibility index (Phi) is 6.92. The number of carbonyl (C=O) groups excluding carboxylic acids is 1. The number of fused-ring (bicyclic) bond motifs is 4. The minimum Gasteiger partial charge on any atom is -0.493 e. The molecule has 0 saturated heterocycles. The molecule has 0 aliphatic carbocycles. The third kappa shape index (κ3) is 4.87. The summed E-state index contributed by atoms with van der Waals surface area (Å²) in [6, 6.07) is 9.52. The Bertz CT molecular complexity index is 1070. The van der Waals surface area contributed by atoms with E-state index in [-0.39, 0.29) is 5.91 Å². The molecular weight excluding hydrogens is 432 g/mol. The molecule has 1 amide bonds. The van der Waals surface area contributed by atoms with Crippen LogP contribution < -0.4 is 15.0 Å². The Morgan fingerprint density at radius 1 is 1.16 bits per heavy atom. The maximum atomic E-state index is 11.0. The maximum Gasteiger partial charge on any atom is 0.243 e. The lowest BCUT2D eigenvalue weighted by molar-refractivity contribution is -0.129. The van der Waals surface area contributed by atoms with Gasteiger partial charge in [0.05, 0.1) is 38.0 Å². The van der Waals surface area contributed by atoms with Crippen LogP contribution in [0.4, 0.5) is 11.4 Å². The van der Waals surface area contributed by atoms with Gasteiger partial charge in [-0.15, -0.1) is 0 Å². The number of nitrogens with zero attached hydrogens (tertiary/aromatic N) is 3. The highest BCUT2D eigenvalue weighted by molar-refractivity contribution is 6.31. The predicted octanol–water partition coefficient (Wildman–Crippen LogP) is 4.75. The molecule has 0 saturated carbocycles. The third-order valence-corrected chi connectivity index (χ3v) is 5.66. The van der Waals surface area contributed by atoms with Gasteiger partial charge >= 0.3 is 0 Å². The number of carbonyl (C=O) groups is 1. The number of amides is 1. The molecule has 0 radical (unpaired) electrons. The van der Waals surface area contributed by atoms with Gasteiger partial charge < -0.3 is 14.4 Å². The zero-order valence-electron chi connectivity index (χ0n) is 17.8. The van der Waals surface area contributed by atoms with Gasteiger partial charge in [-0.1, -0.05) is 30.5 Å². The van der Waals surface area contributed by atoms with Crippen LogP contribution in [0.25, 0.3) is 0 Å². The molecule has 4 rings (SSSR count). The van der Waals surface area contributed by atoms with Crippen LogP contribution in [0.15, 0.2) is 40.3 Å². The van der Waals surface area contributed by atoms with Gasteiger partial charge in [0.25, 0.3) is 0 Å². The Balaban J connectivity index is 1.46. The van der Waals surface area contributed by atoms with E-state index in [0.717, 1.165) is 54.0 Å². The van der Waals surface area contributed by atoms with Gasteiger partial charge in [0.1, 0.15) is 5.84 Å². The van der Waals surface area contributed by atoms with Crippen LogP contribution in [0.3, 0.4) is 0 Å². The van der Waals surface area contributed by atoms with Crippen molar-refractivity contribution in [2.75, 3.05) is 13.7 Å². The SMILES string of the molecule is COc1cc2c(cc1OCCCCCCC(=O)NO)C1=Nc3cc(Cl)ccc3CN1C=N2. The highest BCUT2D eigenvalue weighted by Crippen LogP contribution is 2.40. The second-order valence-corrected chi connectivity index (χ2v) is 8.09. The summed E-state index contributed by atoms with van der Waals surface area (Å²) < 4.78 is 11.5. The van der Waals surface area contributed by atoms with Gasteiger partial charge in [-0.2, -0.15) is 0 Å². The summed E-state index contributed by atoms with van der Waals surface area (Å²) in [5.41, 5.74) is 5.25. The number of hydrogen-bond acceptors (Lipinski definition) is 7. The third-order valence-electron chi connectivity index (χ3n) is 5.43. The molecule has 0 atom stereocenters. The first-order valence-electron chi connectivity index (χ1n) is 10.5. The predicted molar refractivity (Wildman–Crippen MR) is 123 cm³/mol. The zero-order chi connectivity index (χ0) is 22.5. The van der Waals surface area contributed by atoms with Crippen molar-refractivity contribution in [3.63, 3.8) is 0 Å². The van der Waals surface area contributed by atoms with Crippen molar-refractivity contribution in [3.8, 4) is 11.5 Å². The number of ether oxygens (including phenoxy) is 2. The molecule has 0 fully saturated rings. The molecular formula is C23H25ClN4O4. The van der Waals surface area contributed by atoms with Crippen LogP contribution in [-0.2, 0) is 11.3 Å². The lowest BCUT2D eigenvalue weighted by atomic mass is 10.0. The van der Waals surface area contributed by atoms with Crippen molar-refractivity contribution in [1.29, 1.82) is 0 Å². The quantitative estimate of drug-likeness (QED) is 0.322. The first-order chi connectivity index (χ1) is 15.6. The Morgan fingerprint density at radius 3 is 2.81 bits per heavy atom. The molecule has 8 nitrogen and oxygen atoms in total. The fourth-order valence-electron chi connectivity index (χ4n) is 3.74. The molecule has 2 heterocycles. The molecule has 2 aromatic rings. The normalized spacial score (nSPS) is 13.6. The van der Waals surface area contributed by atoms with Crippen LogP contribution in [-0.4, -0.2) is 41.9 Å². The number of methoxy groups -OCH3 is 1. The number of hydrogen-bond donors (Lipinski definition) is 2. The lowest BCUT2D eigenvalue weighted by Gasteiger charge is -2.30. The minimum atomic E-state index is -0.354. The number of amidine groups is 1. The highest BCUT2D eigenvalue weighted by atomic mass is 35.5. The van der Waals surface area contributed by atoms with E-state index in [1.54, 1.807) is 18.9 Å². The van der Waals surface area contributed by atoms with Crippen LogP contribution in [0.1, 0.15) is 43.2 Å². The monoisotopic (exact) mass is 456 g/mol. The summed E-state index contributed by atoms with van der Waals surface area (Å²) in [6.45, 7) is 1.20. The number of hydroxylamine groups is 1. The highest BCUT2D eigenvalue weighted by Gasteiger charge is 2.27. The summed E-state index contributed by atoms with van der Waals surface area (Å²) in [6.07, 6.45) is 5.50. The van der Waals surface area contributed by atoms with Crippen LogP contribution in [0, 0.1) is 0 Å². The molecule has 0 bridgehead atoms. The molecule has 0 aromatic heterocycles. The number of aliphatic imine (C=N–C) groups is 2. The minimum absolute atomic E-state index is 0.323. The maximum absolute atomic E-state index is 11.0. The molecule has 2 N–H and O–H groups in total. The molecule has 0 spiro atoms. The van der Waals surface area contributed by atoms with E-state index in [9.17, 15) is 4.79 Å². The van der Waals surface area contributed by atoms with Crippen LogP contribution >= 0.6 is 11.6 Å². The molecule has 2 aliphatic rings. The number of benzene rings is 2. The Morgan fingerprint density at radius 2 is 2.00 bits per heavy atom. The standard InChI is InChI=1S/C23H25ClN4O4/c1-31-20-12-19-17(11-21(20)32-9-5-3-2-4-6-22(29)27-30)23-26-18-10-16(24)8-7-15(18)13-28(23)14-25-19/h7-8,10-12,14,30H,2-6,9,13H2,1H3,(H,27,29). The first-order valence-corrected chi connectivity index (χ1v) is 10.9. The van der Waals surface area contributed by atoms with Crippen molar-refractivity contribution < 1.29 is 19.5 Å². The zero-order valence-corrected chi connectivity index (χ0v) is 18.6. The lowest BCUT2D eigenvalue weighted by Crippen LogP contribution is -2.34. The molecule has 168 valence electrons. The van der Waals surface area contributed by atoms with E-state index in [4.69, 9.17) is 31.3 Å². The van der Waals surface area contributed by atoms with E-state index in [2.05, 4.69) is 4.99 Å². The summed E-state index contributed by atoms with van der Waals surface area (Å²) in [5, 5.41) is 9.17. The fraction of sp³-hybridized carbons (Fsp3) is 0.348. The largest absolute Gasteiger partial charge is 0.493 e. The number of rotatable bonds is 9. The smallest absolute Gasteiger partial charge is 0.243 e. The topological polar surface area (TPSA) is 95.8 Å². The number of halogens is 1. The van der Waals surface area contributed by atoms with Gasteiger partial charge in [0.2, 0.25) is 5.91 Å². The summed E-state index contributed by atoms with van der Waals surface area (Å²) in [7, 11) is 1.61. The second-order valence-electron chi connectivity index (χ2n) is 7.65. The van der Waals surface area contributed by atoms with Gasteiger partial charge in [-0.25, -0.2) is 15.5 Å². The number of nitrogens with one attached hydrogen (secondary N) is 1. The summed E-state index contributed by atoms with van der Waals surface area (Å²) in [4.78, 5) is 22.5. The van der Waals surface area contributed by atoms with E-state index in [1.165, 1.54) is 0 Å². The van der Waals surface area contributed by atoms with Crippen molar-refractivity contribution in [3.05, 3.63) is 46.5 Å². The molecule has 32 heavy (non-hydrogen) atoms. The number of unbranched alkanes of at least 4 members (excludes halogenated alkanes) is 3. The molecule has 0 unspecified atom stereocenters. The van der Waals surface area contributed by atoms with Gasteiger partial charge in [0, 0.05) is 23.1 Å². The van der Waals surface area contributed by atoms with Gasteiger partial charge in [0.15, 0.2) is 11.5 Å². The molecule has 9 heteroatoms.